The summed E-state index contributed by atoms with van der Waals surface area (Å²) in [7, 11) is 1.91. The average molecular weight is 269 g/mol. The Morgan fingerprint density at radius 3 is 2.94 bits per heavy atom. The third-order valence-corrected chi connectivity index (χ3v) is 4.08. The van der Waals surface area contributed by atoms with Crippen molar-refractivity contribution in [1.29, 1.82) is 0 Å². The summed E-state index contributed by atoms with van der Waals surface area (Å²) in [4.78, 5) is 14.0. The van der Waals surface area contributed by atoms with E-state index in [-0.39, 0.29) is 5.91 Å². The van der Waals surface area contributed by atoms with Gasteiger partial charge in [-0.05, 0) is 19.9 Å². The van der Waals surface area contributed by atoms with Crippen LogP contribution in [0.25, 0.3) is 0 Å². The van der Waals surface area contributed by atoms with Crippen LogP contribution in [0.2, 0.25) is 0 Å². The molecule has 2 heterocycles. The zero-order valence-corrected chi connectivity index (χ0v) is 11.7. The van der Waals surface area contributed by atoms with Gasteiger partial charge < -0.3 is 14.8 Å². The Labute approximate surface area is 111 Å². The topological polar surface area (TPSA) is 63.1 Å². The van der Waals surface area contributed by atoms with Crippen molar-refractivity contribution in [2.24, 2.45) is 7.05 Å². The van der Waals surface area contributed by atoms with Gasteiger partial charge in [-0.2, -0.15) is 0 Å². The SMILES string of the molecule is Cc1nnc(SCC(=O)N2CCCNCC2)n1C. The number of hydrogen-bond donors (Lipinski definition) is 1. The second-order valence-electron chi connectivity index (χ2n) is 4.36. The summed E-state index contributed by atoms with van der Waals surface area (Å²) in [6.45, 7) is 5.44. The molecule has 1 fully saturated rings. The number of thioether (sulfide) groups is 1. The second-order valence-corrected chi connectivity index (χ2v) is 5.30. The van der Waals surface area contributed by atoms with E-state index >= 15 is 0 Å². The van der Waals surface area contributed by atoms with Crippen molar-refractivity contribution in [1.82, 2.24) is 25.0 Å². The molecule has 2 rings (SSSR count). The first kappa shape index (κ1) is 13.4. The maximum atomic E-state index is 12.1. The Hall–Kier alpha value is -1.08. The molecule has 1 N–H and O–H groups in total. The van der Waals surface area contributed by atoms with Gasteiger partial charge in [-0.1, -0.05) is 11.8 Å². The molecule has 0 atom stereocenters. The largest absolute Gasteiger partial charge is 0.341 e. The molecule has 1 amide bonds. The van der Waals surface area contributed by atoms with E-state index in [9.17, 15) is 4.79 Å². The van der Waals surface area contributed by atoms with Crippen LogP contribution in [0.4, 0.5) is 0 Å². The van der Waals surface area contributed by atoms with Crippen molar-refractivity contribution in [2.45, 2.75) is 18.5 Å². The summed E-state index contributed by atoms with van der Waals surface area (Å²) in [6.07, 6.45) is 1.03. The van der Waals surface area contributed by atoms with Crippen molar-refractivity contribution in [3.05, 3.63) is 5.82 Å². The molecule has 1 aliphatic rings. The predicted octanol–water partition coefficient (Wildman–Crippen LogP) is 0.0375. The number of aromatic nitrogens is 3. The summed E-state index contributed by atoms with van der Waals surface area (Å²) in [5, 5.41) is 12.1. The minimum atomic E-state index is 0.185. The van der Waals surface area contributed by atoms with Crippen molar-refractivity contribution in [2.75, 3.05) is 31.9 Å². The fraction of sp³-hybridized carbons (Fsp3) is 0.727. The van der Waals surface area contributed by atoms with E-state index in [1.165, 1.54) is 11.8 Å². The number of aryl methyl sites for hydroxylation is 1. The third-order valence-electron chi connectivity index (χ3n) is 3.07. The van der Waals surface area contributed by atoms with E-state index in [0.29, 0.717) is 5.75 Å². The van der Waals surface area contributed by atoms with Gasteiger partial charge in [0.1, 0.15) is 5.82 Å². The van der Waals surface area contributed by atoms with Crippen molar-refractivity contribution in [3.8, 4) is 0 Å². The lowest BCUT2D eigenvalue weighted by Crippen LogP contribution is -2.35. The second kappa shape index (κ2) is 6.19. The maximum Gasteiger partial charge on any atom is 0.233 e. The van der Waals surface area contributed by atoms with Crippen LogP contribution in [0.15, 0.2) is 5.16 Å². The highest BCUT2D eigenvalue weighted by atomic mass is 32.2. The van der Waals surface area contributed by atoms with Crippen LogP contribution in [0.1, 0.15) is 12.2 Å². The molecule has 1 aromatic rings. The Balaban J connectivity index is 1.85. The monoisotopic (exact) mass is 269 g/mol. The third kappa shape index (κ3) is 3.23. The lowest BCUT2D eigenvalue weighted by atomic mass is 10.4. The summed E-state index contributed by atoms with van der Waals surface area (Å²) in [6, 6.07) is 0. The van der Waals surface area contributed by atoms with E-state index in [4.69, 9.17) is 0 Å². The van der Waals surface area contributed by atoms with E-state index in [1.807, 2.05) is 23.4 Å². The molecule has 6 nitrogen and oxygen atoms in total. The molecule has 18 heavy (non-hydrogen) atoms. The molecule has 1 saturated heterocycles. The summed E-state index contributed by atoms with van der Waals surface area (Å²) >= 11 is 1.45. The van der Waals surface area contributed by atoms with Crippen molar-refractivity contribution >= 4 is 17.7 Å². The molecule has 0 aromatic carbocycles. The number of amides is 1. The van der Waals surface area contributed by atoms with Gasteiger partial charge in [-0.25, -0.2) is 0 Å². The highest BCUT2D eigenvalue weighted by Gasteiger charge is 2.16. The van der Waals surface area contributed by atoms with E-state index in [2.05, 4.69) is 15.5 Å². The molecule has 0 bridgehead atoms. The number of rotatable bonds is 3. The lowest BCUT2D eigenvalue weighted by Gasteiger charge is -2.19. The first-order chi connectivity index (χ1) is 8.68. The zero-order chi connectivity index (χ0) is 13.0. The molecule has 7 heteroatoms. The normalized spacial score (nSPS) is 16.7. The smallest absolute Gasteiger partial charge is 0.233 e. The predicted molar refractivity (Wildman–Crippen MR) is 70.5 cm³/mol. The molecule has 1 aromatic heterocycles. The molecular formula is C11H19N5OS. The molecular weight excluding hydrogens is 250 g/mol. The Bertz CT molecular complexity index is 412. The molecule has 0 radical (unpaired) electrons. The number of nitrogens with zero attached hydrogens (tertiary/aromatic N) is 4. The van der Waals surface area contributed by atoms with Crippen LogP contribution in [0, 0.1) is 6.92 Å². The number of nitrogens with one attached hydrogen (secondary N) is 1. The van der Waals surface area contributed by atoms with Crippen LogP contribution in [0.3, 0.4) is 0 Å². The number of hydrogen-bond acceptors (Lipinski definition) is 5. The van der Waals surface area contributed by atoms with E-state index < -0.39 is 0 Å². The quantitative estimate of drug-likeness (QED) is 0.785. The Kier molecular flexibility index (Phi) is 4.60. The van der Waals surface area contributed by atoms with Gasteiger partial charge >= 0.3 is 0 Å². The Morgan fingerprint density at radius 1 is 1.39 bits per heavy atom. The average Bonchev–Trinajstić information content (AvgIpc) is 2.63. The summed E-state index contributed by atoms with van der Waals surface area (Å²) in [5.41, 5.74) is 0. The van der Waals surface area contributed by atoms with E-state index in [0.717, 1.165) is 43.6 Å². The minimum absolute atomic E-state index is 0.185. The summed E-state index contributed by atoms with van der Waals surface area (Å²) < 4.78 is 1.90. The van der Waals surface area contributed by atoms with Crippen LogP contribution < -0.4 is 5.32 Å². The van der Waals surface area contributed by atoms with Gasteiger partial charge in [-0.3, -0.25) is 4.79 Å². The maximum absolute atomic E-state index is 12.1. The number of carbonyl (C=O) groups excluding carboxylic acids is 1. The highest BCUT2D eigenvalue weighted by molar-refractivity contribution is 7.99. The fourth-order valence-electron chi connectivity index (χ4n) is 1.83. The molecule has 0 spiro atoms. The van der Waals surface area contributed by atoms with Gasteiger partial charge in [0.05, 0.1) is 5.75 Å². The molecule has 0 unspecified atom stereocenters. The molecule has 0 aliphatic carbocycles. The number of carbonyl (C=O) groups is 1. The van der Waals surface area contributed by atoms with Gasteiger partial charge in [0, 0.05) is 26.7 Å². The zero-order valence-electron chi connectivity index (χ0n) is 10.8. The first-order valence-corrected chi connectivity index (χ1v) is 7.14. The Morgan fingerprint density at radius 2 is 2.22 bits per heavy atom. The van der Waals surface area contributed by atoms with E-state index in [1.54, 1.807) is 0 Å². The molecule has 100 valence electrons. The van der Waals surface area contributed by atoms with Crippen LogP contribution >= 0.6 is 11.8 Å². The fourth-order valence-corrected chi connectivity index (χ4v) is 2.69. The summed E-state index contributed by atoms with van der Waals surface area (Å²) in [5.74, 6) is 1.49. The minimum Gasteiger partial charge on any atom is -0.341 e. The van der Waals surface area contributed by atoms with Crippen LogP contribution in [-0.4, -0.2) is 57.5 Å². The standard InChI is InChI=1S/C11H19N5OS/c1-9-13-14-11(15(9)2)18-8-10(17)16-6-3-4-12-5-7-16/h12H,3-8H2,1-2H3. The van der Waals surface area contributed by atoms with Gasteiger partial charge in [0.15, 0.2) is 5.16 Å². The van der Waals surface area contributed by atoms with Gasteiger partial charge in [0.2, 0.25) is 5.91 Å². The molecule has 1 aliphatic heterocycles. The van der Waals surface area contributed by atoms with Gasteiger partial charge in [-0.15, -0.1) is 10.2 Å². The van der Waals surface area contributed by atoms with Crippen molar-refractivity contribution in [3.63, 3.8) is 0 Å². The highest BCUT2D eigenvalue weighted by Crippen LogP contribution is 2.15. The lowest BCUT2D eigenvalue weighted by molar-refractivity contribution is -0.128. The van der Waals surface area contributed by atoms with Crippen molar-refractivity contribution < 1.29 is 4.79 Å². The first-order valence-electron chi connectivity index (χ1n) is 6.16. The van der Waals surface area contributed by atoms with Crippen LogP contribution in [-0.2, 0) is 11.8 Å². The molecule has 0 saturated carbocycles. The van der Waals surface area contributed by atoms with Gasteiger partial charge in [0.25, 0.3) is 0 Å². The van der Waals surface area contributed by atoms with Crippen LogP contribution in [0.5, 0.6) is 0 Å².